The summed E-state index contributed by atoms with van der Waals surface area (Å²) in [7, 11) is 0. The van der Waals surface area contributed by atoms with E-state index in [0.717, 1.165) is 11.8 Å². The molecule has 0 aliphatic heterocycles. The molecule has 0 fully saturated rings. The zero-order chi connectivity index (χ0) is 12.8. The highest BCUT2D eigenvalue weighted by molar-refractivity contribution is 4.94. The Balaban J connectivity index is 4.36. The lowest BCUT2D eigenvalue weighted by Crippen LogP contribution is -2.26. The molecule has 0 aromatic rings. The van der Waals surface area contributed by atoms with E-state index in [1.54, 1.807) is 5.92 Å². The first-order chi connectivity index (χ1) is 7.32. The van der Waals surface area contributed by atoms with Gasteiger partial charge in [0.05, 0.1) is 0 Å². The monoisotopic (exact) mass is 225 g/mol. The zero-order valence-corrected chi connectivity index (χ0v) is 12.7. The molecule has 0 bridgehead atoms. The van der Waals surface area contributed by atoms with Crippen LogP contribution in [0, 0.1) is 23.2 Å². The topological polar surface area (TPSA) is 0 Å². The van der Waals surface area contributed by atoms with Crippen LogP contribution in [-0.2, 0) is 0 Å². The molecule has 0 amide bonds. The molecule has 0 heterocycles. The maximum Gasteiger partial charge on any atom is -0.0267 e. The van der Waals surface area contributed by atoms with Crippen molar-refractivity contribution < 1.29 is 0 Å². The summed E-state index contributed by atoms with van der Waals surface area (Å²) in [6.45, 7) is 16.4. The first-order valence-corrected chi connectivity index (χ1v) is 7.12. The molecule has 2 unspecified atom stereocenters. The van der Waals surface area contributed by atoms with Crippen LogP contribution >= 0.6 is 0 Å². The van der Waals surface area contributed by atoms with Crippen LogP contribution in [0.2, 0.25) is 0 Å². The van der Waals surface area contributed by atoms with Gasteiger partial charge >= 0.3 is 0 Å². The van der Waals surface area contributed by atoms with Gasteiger partial charge in [-0.2, -0.15) is 0 Å². The van der Waals surface area contributed by atoms with Gasteiger partial charge in [-0.1, -0.05) is 74.1 Å². The summed E-state index contributed by atoms with van der Waals surface area (Å²) in [5.41, 5.74) is 0.429. The second-order valence-corrected chi connectivity index (χ2v) is 6.65. The first kappa shape index (κ1) is 16.0. The summed E-state index contributed by atoms with van der Waals surface area (Å²) in [6.07, 6.45) is 6.90. The van der Waals surface area contributed by atoms with Crippen LogP contribution in [0.25, 0.3) is 0 Å². The predicted octanol–water partition coefficient (Wildman–Crippen LogP) is 5.87. The second-order valence-electron chi connectivity index (χ2n) is 6.65. The number of hydrogen-bond donors (Lipinski definition) is 0. The molecule has 97 valence electrons. The van der Waals surface area contributed by atoms with Crippen LogP contribution in [0.15, 0.2) is 0 Å². The minimum Gasteiger partial charge on any atom is -0.0654 e. The van der Waals surface area contributed by atoms with Gasteiger partial charge in [-0.15, -0.1) is 0 Å². The Labute approximate surface area is 104 Å². The molecule has 1 radical (unpaired) electrons. The fourth-order valence-corrected chi connectivity index (χ4v) is 2.77. The third-order valence-corrected chi connectivity index (χ3v) is 3.85. The van der Waals surface area contributed by atoms with Crippen LogP contribution in [0.5, 0.6) is 0 Å². The van der Waals surface area contributed by atoms with Crippen molar-refractivity contribution >= 4 is 0 Å². The van der Waals surface area contributed by atoms with Gasteiger partial charge in [-0.05, 0) is 29.6 Å². The van der Waals surface area contributed by atoms with E-state index in [9.17, 15) is 0 Å². The number of hydrogen-bond acceptors (Lipinski definition) is 0. The quantitative estimate of drug-likeness (QED) is 0.508. The third kappa shape index (κ3) is 5.92. The SMILES string of the molecule is CCCCC(CC)CC([C](C)C)C(C)(C)C. The molecule has 2 atom stereocenters. The molecule has 0 rings (SSSR count). The van der Waals surface area contributed by atoms with Crippen molar-refractivity contribution in [2.75, 3.05) is 0 Å². The van der Waals surface area contributed by atoms with E-state index >= 15 is 0 Å². The summed E-state index contributed by atoms with van der Waals surface area (Å²) in [5, 5.41) is 0. The maximum atomic E-state index is 2.39. The van der Waals surface area contributed by atoms with Crippen molar-refractivity contribution in [1.29, 1.82) is 0 Å². The standard InChI is InChI=1S/C16H33/c1-8-10-11-14(9-2)12-15(13(3)4)16(5,6)7/h14-15H,8-12H2,1-7H3. The van der Waals surface area contributed by atoms with Crippen LogP contribution in [-0.4, -0.2) is 0 Å². The molecular formula is C16H33. The average molecular weight is 225 g/mol. The third-order valence-electron chi connectivity index (χ3n) is 3.85. The first-order valence-electron chi connectivity index (χ1n) is 7.12. The second kappa shape index (κ2) is 7.35. The number of unbranched alkanes of at least 4 members (excludes halogenated alkanes) is 1. The predicted molar refractivity (Wildman–Crippen MR) is 75.5 cm³/mol. The molecule has 0 saturated heterocycles. The molecule has 0 N–H and O–H groups in total. The van der Waals surface area contributed by atoms with E-state index < -0.39 is 0 Å². The Hall–Kier alpha value is 0. The van der Waals surface area contributed by atoms with Crippen molar-refractivity contribution in [3.05, 3.63) is 5.92 Å². The summed E-state index contributed by atoms with van der Waals surface area (Å²) in [6, 6.07) is 0. The van der Waals surface area contributed by atoms with Crippen molar-refractivity contribution in [2.24, 2.45) is 17.3 Å². The summed E-state index contributed by atoms with van der Waals surface area (Å²) < 4.78 is 0. The molecule has 0 aromatic heterocycles. The minimum absolute atomic E-state index is 0.429. The fourth-order valence-electron chi connectivity index (χ4n) is 2.77. The molecular weight excluding hydrogens is 192 g/mol. The zero-order valence-electron chi connectivity index (χ0n) is 12.7. The van der Waals surface area contributed by atoms with E-state index in [4.69, 9.17) is 0 Å². The van der Waals surface area contributed by atoms with E-state index in [0.29, 0.717) is 5.41 Å². The van der Waals surface area contributed by atoms with Crippen LogP contribution < -0.4 is 0 Å². The average Bonchev–Trinajstić information content (AvgIpc) is 2.15. The van der Waals surface area contributed by atoms with Gasteiger partial charge in [0.2, 0.25) is 0 Å². The maximum absolute atomic E-state index is 2.39. The molecule has 0 aliphatic rings. The molecule has 0 aliphatic carbocycles. The van der Waals surface area contributed by atoms with Crippen molar-refractivity contribution in [1.82, 2.24) is 0 Å². The van der Waals surface area contributed by atoms with Gasteiger partial charge in [0.15, 0.2) is 0 Å². The van der Waals surface area contributed by atoms with Crippen molar-refractivity contribution in [3.63, 3.8) is 0 Å². The lowest BCUT2D eigenvalue weighted by atomic mass is 9.69. The van der Waals surface area contributed by atoms with Crippen LogP contribution in [0.4, 0.5) is 0 Å². The molecule has 16 heavy (non-hydrogen) atoms. The molecule has 0 nitrogen and oxygen atoms in total. The van der Waals surface area contributed by atoms with Gasteiger partial charge in [0.25, 0.3) is 0 Å². The van der Waals surface area contributed by atoms with Crippen LogP contribution in [0.1, 0.15) is 80.6 Å². The Morgan fingerprint density at radius 3 is 1.94 bits per heavy atom. The highest BCUT2D eigenvalue weighted by atomic mass is 14.3. The normalized spacial score (nSPS) is 16.5. The Morgan fingerprint density at radius 2 is 1.62 bits per heavy atom. The molecule has 0 spiro atoms. The van der Waals surface area contributed by atoms with Gasteiger partial charge < -0.3 is 0 Å². The van der Waals surface area contributed by atoms with Gasteiger partial charge in [0, 0.05) is 0 Å². The van der Waals surface area contributed by atoms with Crippen molar-refractivity contribution in [2.45, 2.75) is 80.6 Å². The number of rotatable bonds is 7. The summed E-state index contributed by atoms with van der Waals surface area (Å²) in [4.78, 5) is 0. The lowest BCUT2D eigenvalue weighted by Gasteiger charge is -2.36. The van der Waals surface area contributed by atoms with Crippen LogP contribution in [0.3, 0.4) is 0 Å². The molecule has 0 saturated carbocycles. The summed E-state index contributed by atoms with van der Waals surface area (Å²) >= 11 is 0. The van der Waals surface area contributed by atoms with Gasteiger partial charge in [0.1, 0.15) is 0 Å². The Bertz CT molecular complexity index is 161. The fraction of sp³-hybridized carbons (Fsp3) is 0.938. The molecule has 0 heteroatoms. The highest BCUT2D eigenvalue weighted by Crippen LogP contribution is 2.39. The highest BCUT2D eigenvalue weighted by Gasteiger charge is 2.29. The summed E-state index contributed by atoms with van der Waals surface area (Å²) in [5.74, 6) is 3.33. The largest absolute Gasteiger partial charge is 0.0654 e. The van der Waals surface area contributed by atoms with E-state index in [1.807, 2.05) is 0 Å². The van der Waals surface area contributed by atoms with Gasteiger partial charge in [-0.3, -0.25) is 0 Å². The van der Waals surface area contributed by atoms with E-state index in [2.05, 4.69) is 48.5 Å². The Morgan fingerprint density at radius 1 is 1.06 bits per heavy atom. The van der Waals surface area contributed by atoms with Gasteiger partial charge in [-0.25, -0.2) is 0 Å². The van der Waals surface area contributed by atoms with Crippen molar-refractivity contribution in [3.8, 4) is 0 Å². The van der Waals surface area contributed by atoms with E-state index in [1.165, 1.54) is 32.1 Å². The Kier molecular flexibility index (Phi) is 7.35. The lowest BCUT2D eigenvalue weighted by molar-refractivity contribution is 0.199. The minimum atomic E-state index is 0.429. The van der Waals surface area contributed by atoms with E-state index in [-0.39, 0.29) is 0 Å². The molecule has 0 aromatic carbocycles. The smallest absolute Gasteiger partial charge is 0.0267 e.